The van der Waals surface area contributed by atoms with Crippen LogP contribution in [0.3, 0.4) is 0 Å². The molecule has 0 aromatic heterocycles. The molecule has 0 N–H and O–H groups in total. The lowest BCUT2D eigenvalue weighted by molar-refractivity contribution is -0.108. The van der Waals surface area contributed by atoms with E-state index in [1.807, 2.05) is 6.07 Å². The molecule has 0 radical (unpaired) electrons. The Balaban J connectivity index is 2.09. The zero-order chi connectivity index (χ0) is 12.3. The van der Waals surface area contributed by atoms with Gasteiger partial charge in [0, 0.05) is 5.02 Å². The van der Waals surface area contributed by atoms with Crippen LogP contribution < -0.4 is 4.74 Å². The molecule has 3 nitrogen and oxygen atoms in total. The van der Waals surface area contributed by atoms with Crippen molar-refractivity contribution in [2.75, 3.05) is 6.61 Å². The highest BCUT2D eigenvalue weighted by Gasteiger charge is 2.22. The van der Waals surface area contributed by atoms with Gasteiger partial charge in [0.1, 0.15) is 18.0 Å². The van der Waals surface area contributed by atoms with Crippen LogP contribution in [0.25, 0.3) is 0 Å². The molecule has 4 heteroatoms. The zero-order valence-corrected chi connectivity index (χ0v) is 9.98. The Morgan fingerprint density at radius 3 is 2.88 bits per heavy atom. The van der Waals surface area contributed by atoms with E-state index in [1.165, 1.54) is 12.8 Å². The molecule has 0 unspecified atom stereocenters. The fourth-order valence-corrected chi connectivity index (χ4v) is 1.81. The van der Waals surface area contributed by atoms with Crippen LogP contribution in [-0.4, -0.2) is 12.9 Å². The summed E-state index contributed by atoms with van der Waals surface area (Å²) in [5.74, 6) is 0.559. The van der Waals surface area contributed by atoms with Crippen molar-refractivity contribution in [3.8, 4) is 11.8 Å². The van der Waals surface area contributed by atoms with E-state index in [2.05, 4.69) is 0 Å². The van der Waals surface area contributed by atoms with E-state index < -0.39 is 5.92 Å². The van der Waals surface area contributed by atoms with Crippen molar-refractivity contribution in [1.29, 1.82) is 5.26 Å². The van der Waals surface area contributed by atoms with Crippen molar-refractivity contribution >= 4 is 17.9 Å². The van der Waals surface area contributed by atoms with Crippen molar-refractivity contribution in [3.05, 3.63) is 28.8 Å². The molecule has 88 valence electrons. The summed E-state index contributed by atoms with van der Waals surface area (Å²) in [5, 5.41) is 9.19. The summed E-state index contributed by atoms with van der Waals surface area (Å²) < 4.78 is 5.56. The zero-order valence-electron chi connectivity index (χ0n) is 9.23. The lowest BCUT2D eigenvalue weighted by atomic mass is 10.0. The van der Waals surface area contributed by atoms with Crippen molar-refractivity contribution < 1.29 is 9.53 Å². The molecule has 1 fully saturated rings. The van der Waals surface area contributed by atoms with Crippen LogP contribution >= 0.6 is 11.6 Å². The highest BCUT2D eigenvalue weighted by molar-refractivity contribution is 6.31. The summed E-state index contributed by atoms with van der Waals surface area (Å²) in [6.45, 7) is 0.713. The summed E-state index contributed by atoms with van der Waals surface area (Å²) in [5.41, 5.74) is 0.530. The molecule has 1 aromatic rings. The fraction of sp³-hybridized carbons (Fsp3) is 0.385. The van der Waals surface area contributed by atoms with E-state index in [0.29, 0.717) is 35.1 Å². The molecule has 1 aliphatic rings. The first kappa shape index (κ1) is 11.9. The number of carbonyl (C=O) groups excluding carboxylic acids is 1. The molecule has 0 bridgehead atoms. The van der Waals surface area contributed by atoms with E-state index >= 15 is 0 Å². The molecule has 0 amide bonds. The molecule has 1 saturated carbocycles. The smallest absolute Gasteiger partial charge is 0.141 e. The topological polar surface area (TPSA) is 50.1 Å². The van der Waals surface area contributed by atoms with E-state index in [1.54, 1.807) is 18.2 Å². The SMILES string of the molecule is N#C[C@@H](C=O)c1ccc(OCC2CC2)cc1Cl. The second kappa shape index (κ2) is 5.20. The third-order valence-corrected chi connectivity index (χ3v) is 3.09. The normalized spacial score (nSPS) is 16.0. The van der Waals surface area contributed by atoms with Crippen LogP contribution in [0.2, 0.25) is 5.02 Å². The van der Waals surface area contributed by atoms with Gasteiger partial charge in [-0.25, -0.2) is 0 Å². The Labute approximate surface area is 105 Å². The molecular weight excluding hydrogens is 238 g/mol. The molecule has 1 aliphatic carbocycles. The van der Waals surface area contributed by atoms with Gasteiger partial charge in [0.15, 0.2) is 0 Å². The molecule has 0 heterocycles. The Morgan fingerprint density at radius 1 is 1.59 bits per heavy atom. The largest absolute Gasteiger partial charge is 0.493 e. The maximum Gasteiger partial charge on any atom is 0.141 e. The summed E-state index contributed by atoms with van der Waals surface area (Å²) in [6.07, 6.45) is 3.05. The van der Waals surface area contributed by atoms with E-state index in [-0.39, 0.29) is 0 Å². The monoisotopic (exact) mass is 249 g/mol. The van der Waals surface area contributed by atoms with Crippen molar-refractivity contribution in [1.82, 2.24) is 0 Å². The number of halogens is 1. The maximum atomic E-state index is 10.7. The highest BCUT2D eigenvalue weighted by Crippen LogP contribution is 2.31. The molecule has 1 atom stereocenters. The predicted molar refractivity (Wildman–Crippen MR) is 64.1 cm³/mol. The maximum absolute atomic E-state index is 10.7. The van der Waals surface area contributed by atoms with Gasteiger partial charge in [-0.05, 0) is 36.5 Å². The fourth-order valence-electron chi connectivity index (χ4n) is 1.52. The van der Waals surface area contributed by atoms with E-state index in [9.17, 15) is 4.79 Å². The van der Waals surface area contributed by atoms with Crippen LogP contribution in [0.15, 0.2) is 18.2 Å². The molecule has 0 saturated heterocycles. The number of carbonyl (C=O) groups is 1. The van der Waals surface area contributed by atoms with Gasteiger partial charge in [-0.3, -0.25) is 0 Å². The summed E-state index contributed by atoms with van der Waals surface area (Å²) >= 11 is 6.02. The second-order valence-corrected chi connectivity index (χ2v) is 4.59. The Bertz CT molecular complexity index is 463. The molecule has 1 aromatic carbocycles. The van der Waals surface area contributed by atoms with Gasteiger partial charge in [-0.2, -0.15) is 5.26 Å². The summed E-state index contributed by atoms with van der Waals surface area (Å²) in [7, 11) is 0. The number of rotatable bonds is 5. The quantitative estimate of drug-likeness (QED) is 0.754. The minimum atomic E-state index is -0.806. The van der Waals surface area contributed by atoms with Crippen molar-refractivity contribution in [3.63, 3.8) is 0 Å². The first-order chi connectivity index (χ1) is 8.24. The number of hydrogen-bond donors (Lipinski definition) is 0. The minimum absolute atomic E-state index is 0.400. The standard InChI is InChI=1S/C13H12ClNO2/c14-13-5-11(17-8-9-1-2-9)3-4-12(13)10(6-15)7-16/h3-5,7,9-10H,1-2,8H2/t10-/m0/s1. The van der Waals surface area contributed by atoms with Crippen molar-refractivity contribution in [2.24, 2.45) is 5.92 Å². The van der Waals surface area contributed by atoms with Gasteiger partial charge in [0.25, 0.3) is 0 Å². The van der Waals surface area contributed by atoms with E-state index in [0.717, 1.165) is 0 Å². The number of benzene rings is 1. The Hall–Kier alpha value is -1.53. The van der Waals surface area contributed by atoms with Gasteiger partial charge in [0.05, 0.1) is 12.7 Å². The minimum Gasteiger partial charge on any atom is -0.493 e. The Kier molecular flexibility index (Phi) is 3.65. The lowest BCUT2D eigenvalue weighted by Crippen LogP contribution is -2.01. The van der Waals surface area contributed by atoms with Crippen LogP contribution in [0.5, 0.6) is 5.75 Å². The molecule has 0 spiro atoms. The van der Waals surface area contributed by atoms with Crippen LogP contribution in [0.1, 0.15) is 24.3 Å². The molecule has 2 rings (SSSR count). The van der Waals surface area contributed by atoms with E-state index in [4.69, 9.17) is 21.6 Å². The first-order valence-electron chi connectivity index (χ1n) is 5.51. The number of hydrogen-bond acceptors (Lipinski definition) is 3. The van der Waals surface area contributed by atoms with Crippen molar-refractivity contribution in [2.45, 2.75) is 18.8 Å². The average Bonchev–Trinajstić information content (AvgIpc) is 3.14. The van der Waals surface area contributed by atoms with Gasteiger partial charge in [0.2, 0.25) is 0 Å². The number of ether oxygens (including phenoxy) is 1. The first-order valence-corrected chi connectivity index (χ1v) is 5.89. The van der Waals surface area contributed by atoms with Gasteiger partial charge in [-0.15, -0.1) is 0 Å². The third-order valence-electron chi connectivity index (χ3n) is 2.76. The molecular formula is C13H12ClNO2. The van der Waals surface area contributed by atoms with Gasteiger partial charge in [-0.1, -0.05) is 17.7 Å². The number of nitriles is 1. The van der Waals surface area contributed by atoms with Gasteiger partial charge >= 0.3 is 0 Å². The molecule has 0 aliphatic heterocycles. The highest BCUT2D eigenvalue weighted by atomic mass is 35.5. The predicted octanol–water partition coefficient (Wildman–Crippen LogP) is 2.93. The second-order valence-electron chi connectivity index (χ2n) is 4.18. The van der Waals surface area contributed by atoms with Crippen LogP contribution in [0, 0.1) is 17.2 Å². The number of nitrogens with zero attached hydrogens (tertiary/aromatic N) is 1. The number of aldehydes is 1. The van der Waals surface area contributed by atoms with Crippen LogP contribution in [0.4, 0.5) is 0 Å². The average molecular weight is 250 g/mol. The van der Waals surface area contributed by atoms with Crippen LogP contribution in [-0.2, 0) is 4.79 Å². The Morgan fingerprint density at radius 2 is 2.35 bits per heavy atom. The third kappa shape index (κ3) is 2.98. The lowest BCUT2D eigenvalue weighted by Gasteiger charge is -2.09. The summed E-state index contributed by atoms with van der Waals surface area (Å²) in [6, 6.07) is 6.98. The summed E-state index contributed by atoms with van der Waals surface area (Å²) in [4.78, 5) is 10.7. The van der Waals surface area contributed by atoms with Gasteiger partial charge < -0.3 is 9.53 Å². The molecule has 17 heavy (non-hydrogen) atoms.